The molecule has 2 fully saturated rings. The molecular weight excluding hydrogens is 532 g/mol. The quantitative estimate of drug-likeness (QED) is 0.214. The molecule has 2 amide bonds. The normalized spacial score (nSPS) is 17.4. The van der Waals surface area contributed by atoms with E-state index in [2.05, 4.69) is 12.1 Å². The minimum atomic E-state index is 0.102. The summed E-state index contributed by atoms with van der Waals surface area (Å²) in [4.78, 5) is 27.9. The van der Waals surface area contributed by atoms with Crippen molar-refractivity contribution >= 4 is 17.9 Å². The molecule has 8 heteroatoms. The third kappa shape index (κ3) is 8.54. The fourth-order valence-corrected chi connectivity index (χ4v) is 5.54. The fourth-order valence-electron chi connectivity index (χ4n) is 5.54. The Labute approximate surface area is 248 Å². The highest BCUT2D eigenvalue weighted by Gasteiger charge is 2.17. The smallest absolute Gasteiger partial charge is 0.246 e. The van der Waals surface area contributed by atoms with Crippen LogP contribution in [0.1, 0.15) is 68.9 Å². The van der Waals surface area contributed by atoms with Crippen molar-refractivity contribution in [2.24, 2.45) is 0 Å². The van der Waals surface area contributed by atoms with Gasteiger partial charge in [0, 0.05) is 38.7 Å². The number of allylic oxidation sites excluding steroid dienone is 2. The Morgan fingerprint density at radius 2 is 1.29 bits per heavy atom. The molecule has 6 rings (SSSR count). The first-order valence-corrected chi connectivity index (χ1v) is 15.4. The van der Waals surface area contributed by atoms with Crippen LogP contribution in [-0.2, 0) is 16.0 Å². The molecular formula is C34H42N2O6. The number of piperidine rings is 2. The first kappa shape index (κ1) is 29.5. The van der Waals surface area contributed by atoms with E-state index in [9.17, 15) is 9.59 Å². The molecule has 0 spiro atoms. The van der Waals surface area contributed by atoms with Crippen LogP contribution in [0.15, 0.2) is 54.6 Å². The van der Waals surface area contributed by atoms with Crippen LogP contribution < -0.4 is 18.9 Å². The van der Waals surface area contributed by atoms with Gasteiger partial charge in [0.15, 0.2) is 23.0 Å². The summed E-state index contributed by atoms with van der Waals surface area (Å²) in [7, 11) is 0. The Balaban J connectivity index is 0.000000168. The summed E-state index contributed by atoms with van der Waals surface area (Å²) in [5.74, 6) is 3.66. The van der Waals surface area contributed by atoms with Crippen LogP contribution in [-0.4, -0.2) is 61.4 Å². The summed E-state index contributed by atoms with van der Waals surface area (Å²) in [6.07, 6.45) is 18.0. The van der Waals surface area contributed by atoms with E-state index < -0.39 is 0 Å². The Kier molecular flexibility index (Phi) is 10.8. The van der Waals surface area contributed by atoms with Crippen molar-refractivity contribution < 1.29 is 28.5 Å². The van der Waals surface area contributed by atoms with Gasteiger partial charge < -0.3 is 28.7 Å². The summed E-state index contributed by atoms with van der Waals surface area (Å²) < 4.78 is 21.3. The molecule has 8 nitrogen and oxygen atoms in total. The fraction of sp³-hybridized carbons (Fsp3) is 0.471. The molecule has 2 aromatic rings. The highest BCUT2D eigenvalue weighted by molar-refractivity contribution is 5.88. The second-order valence-electron chi connectivity index (χ2n) is 11.1. The van der Waals surface area contributed by atoms with Gasteiger partial charge in [0.05, 0.1) is 0 Å². The summed E-state index contributed by atoms with van der Waals surface area (Å²) in [5.41, 5.74) is 2.28. The first-order valence-electron chi connectivity index (χ1n) is 15.4. The zero-order valence-electron chi connectivity index (χ0n) is 24.4. The topological polar surface area (TPSA) is 77.5 Å². The molecule has 4 heterocycles. The molecule has 4 aliphatic rings. The van der Waals surface area contributed by atoms with Gasteiger partial charge in [-0.15, -0.1) is 0 Å². The maximum absolute atomic E-state index is 12.1. The van der Waals surface area contributed by atoms with Crippen molar-refractivity contribution in [2.45, 2.75) is 64.2 Å². The summed E-state index contributed by atoms with van der Waals surface area (Å²) in [6, 6.07) is 11.9. The van der Waals surface area contributed by atoms with E-state index in [1.165, 1.54) is 31.2 Å². The molecule has 2 saturated heterocycles. The maximum atomic E-state index is 12.1. The number of aryl methyl sites for hydroxylation is 1. The molecule has 0 radical (unpaired) electrons. The van der Waals surface area contributed by atoms with Crippen LogP contribution in [0.3, 0.4) is 0 Å². The summed E-state index contributed by atoms with van der Waals surface area (Å²) in [6.45, 7) is 4.29. The zero-order valence-corrected chi connectivity index (χ0v) is 24.4. The van der Waals surface area contributed by atoms with Crippen LogP contribution in [0.2, 0.25) is 0 Å². The average Bonchev–Trinajstić information content (AvgIpc) is 3.71. The second-order valence-corrected chi connectivity index (χ2v) is 11.1. The predicted molar refractivity (Wildman–Crippen MR) is 162 cm³/mol. The predicted octanol–water partition coefficient (Wildman–Crippen LogP) is 6.14. The molecule has 0 unspecified atom stereocenters. The highest BCUT2D eigenvalue weighted by Crippen LogP contribution is 2.33. The van der Waals surface area contributed by atoms with Crippen molar-refractivity contribution in [3.05, 3.63) is 65.8 Å². The van der Waals surface area contributed by atoms with Gasteiger partial charge in [-0.1, -0.05) is 30.4 Å². The van der Waals surface area contributed by atoms with Crippen LogP contribution in [0.4, 0.5) is 0 Å². The van der Waals surface area contributed by atoms with Gasteiger partial charge in [-0.05, 0) is 93.2 Å². The third-order valence-corrected chi connectivity index (χ3v) is 7.95. The molecule has 0 saturated carbocycles. The van der Waals surface area contributed by atoms with Crippen molar-refractivity contribution in [3.63, 3.8) is 0 Å². The van der Waals surface area contributed by atoms with Gasteiger partial charge >= 0.3 is 0 Å². The molecule has 0 aliphatic carbocycles. The number of amides is 2. The SMILES string of the molecule is O=C(/C=C/C=C/c1ccc2c(c1)OCO2)N1CCCCC1.O=C(CCCCc1ccc2c(c1)OCO2)N1CCCCC1. The molecule has 0 bridgehead atoms. The molecule has 4 aliphatic heterocycles. The number of rotatable bonds is 8. The van der Waals surface area contributed by atoms with E-state index in [-0.39, 0.29) is 12.7 Å². The van der Waals surface area contributed by atoms with E-state index in [4.69, 9.17) is 18.9 Å². The lowest BCUT2D eigenvalue weighted by molar-refractivity contribution is -0.132. The van der Waals surface area contributed by atoms with Crippen molar-refractivity contribution in [2.75, 3.05) is 39.8 Å². The number of benzene rings is 2. The molecule has 224 valence electrons. The number of carbonyl (C=O) groups excluding carboxylic acids is 2. The number of hydrogen-bond donors (Lipinski definition) is 0. The van der Waals surface area contributed by atoms with E-state index in [1.54, 1.807) is 12.2 Å². The number of likely N-dealkylation sites (tertiary alicyclic amines) is 2. The Morgan fingerprint density at radius 1 is 0.667 bits per heavy atom. The lowest BCUT2D eigenvalue weighted by Gasteiger charge is -2.26. The highest BCUT2D eigenvalue weighted by atomic mass is 16.7. The molecule has 0 aromatic heterocycles. The standard InChI is InChI=1S/C17H23NO3.C17H19NO3/c2*19-17(18-10-4-1-5-11-18)7-3-2-6-14-8-9-15-16(12-14)21-13-20-15/h8-9,12H,1-7,10-11,13H2;2-3,6-9,12H,1,4-5,10-11,13H2/b;6-2+,7-3+. The lowest BCUT2D eigenvalue weighted by atomic mass is 10.1. The summed E-state index contributed by atoms with van der Waals surface area (Å²) in [5, 5.41) is 0. The van der Waals surface area contributed by atoms with E-state index in [0.717, 1.165) is 86.8 Å². The van der Waals surface area contributed by atoms with Crippen LogP contribution in [0.25, 0.3) is 6.08 Å². The van der Waals surface area contributed by atoms with Crippen molar-refractivity contribution in [1.82, 2.24) is 9.80 Å². The molecule has 42 heavy (non-hydrogen) atoms. The number of fused-ring (bicyclic) bond motifs is 2. The number of nitrogens with zero attached hydrogens (tertiary/aromatic N) is 2. The monoisotopic (exact) mass is 574 g/mol. The largest absolute Gasteiger partial charge is 0.454 e. The van der Waals surface area contributed by atoms with Crippen LogP contribution in [0.5, 0.6) is 23.0 Å². The van der Waals surface area contributed by atoms with Crippen LogP contribution in [0, 0.1) is 0 Å². The third-order valence-electron chi connectivity index (χ3n) is 7.95. The summed E-state index contributed by atoms with van der Waals surface area (Å²) >= 11 is 0. The van der Waals surface area contributed by atoms with Gasteiger partial charge in [-0.25, -0.2) is 0 Å². The minimum Gasteiger partial charge on any atom is -0.454 e. The Bertz CT molecular complexity index is 1260. The Morgan fingerprint density at radius 3 is 2.00 bits per heavy atom. The number of hydrogen-bond acceptors (Lipinski definition) is 6. The first-order chi connectivity index (χ1) is 20.7. The van der Waals surface area contributed by atoms with Crippen molar-refractivity contribution in [1.29, 1.82) is 0 Å². The lowest BCUT2D eigenvalue weighted by Crippen LogP contribution is -2.35. The number of carbonyl (C=O) groups is 2. The zero-order chi connectivity index (χ0) is 29.0. The molecule has 0 N–H and O–H groups in total. The molecule has 2 aromatic carbocycles. The number of ether oxygens (including phenoxy) is 4. The average molecular weight is 575 g/mol. The van der Waals surface area contributed by atoms with Gasteiger partial charge in [-0.2, -0.15) is 0 Å². The number of unbranched alkanes of at least 4 members (excludes halogenated alkanes) is 1. The van der Waals surface area contributed by atoms with Gasteiger partial charge in [0.1, 0.15) is 0 Å². The van der Waals surface area contributed by atoms with Crippen LogP contribution >= 0.6 is 0 Å². The van der Waals surface area contributed by atoms with Gasteiger partial charge in [-0.3, -0.25) is 9.59 Å². The minimum absolute atomic E-state index is 0.102. The van der Waals surface area contributed by atoms with E-state index in [1.807, 2.05) is 46.2 Å². The van der Waals surface area contributed by atoms with Gasteiger partial charge in [0.25, 0.3) is 0 Å². The molecule has 0 atom stereocenters. The maximum Gasteiger partial charge on any atom is 0.246 e. The second kappa shape index (κ2) is 15.3. The van der Waals surface area contributed by atoms with E-state index in [0.29, 0.717) is 19.1 Å². The van der Waals surface area contributed by atoms with Crippen molar-refractivity contribution in [3.8, 4) is 23.0 Å². The Hall–Kier alpha value is -3.94. The van der Waals surface area contributed by atoms with Gasteiger partial charge in [0.2, 0.25) is 25.4 Å². The van der Waals surface area contributed by atoms with E-state index >= 15 is 0 Å².